The van der Waals surface area contributed by atoms with E-state index in [2.05, 4.69) is 42.8 Å². The Morgan fingerprint density at radius 3 is 2.18 bits per heavy atom. The van der Waals surface area contributed by atoms with E-state index in [1.54, 1.807) is 0 Å². The average molecular weight is 164 g/mol. The van der Waals surface area contributed by atoms with Gasteiger partial charge in [-0.15, -0.1) is 0 Å². The lowest BCUT2D eigenvalue weighted by atomic mass is 10.2. The summed E-state index contributed by atoms with van der Waals surface area (Å²) in [5, 5.41) is 3.97. The second-order valence-electron chi connectivity index (χ2n) is 3.79. The maximum atomic E-state index is 3.97. The van der Waals surface area contributed by atoms with Crippen molar-refractivity contribution in [3.8, 4) is 0 Å². The number of hydrogen-bond donors (Lipinski definition) is 0. The molecule has 1 rings (SSSR count). The van der Waals surface area contributed by atoms with Crippen LogP contribution in [0.4, 0.5) is 0 Å². The Labute approximate surface area is 69.5 Å². The van der Waals surface area contributed by atoms with E-state index >= 15 is 0 Å². The molecule has 0 aromatic carbocycles. The van der Waals surface area contributed by atoms with Gasteiger partial charge in [-0.2, -0.15) is 12.4 Å². The van der Waals surface area contributed by atoms with E-state index in [9.17, 15) is 0 Å². The second-order valence-corrected chi connectivity index (χ2v) is 8.81. The Hall–Kier alpha value is -0.763. The van der Waals surface area contributed by atoms with Crippen molar-refractivity contribution in [3.05, 3.63) is 41.1 Å². The average Bonchev–Trinajstić information content (AvgIpc) is 1.85. The van der Waals surface area contributed by atoms with Gasteiger partial charge in [0, 0.05) is 0 Å². The zero-order valence-corrected chi connectivity index (χ0v) is 8.33. The van der Waals surface area contributed by atoms with Crippen LogP contribution in [0.15, 0.2) is 35.8 Å². The molecule has 0 spiro atoms. The Balaban J connectivity index is 2.73. The molecule has 0 atom stereocenters. The molecule has 0 saturated carbocycles. The Morgan fingerprint density at radius 2 is 1.73 bits per heavy atom. The van der Waals surface area contributed by atoms with Crippen LogP contribution >= 0.6 is 0 Å². The fraction of sp³-hybridized carbons (Fsp3) is 0.333. The summed E-state index contributed by atoms with van der Waals surface area (Å²) in [6.45, 7) is 6.98. The Bertz CT molecular complexity index is 204. The smallest absolute Gasteiger partial charge is 0.0694 e. The molecule has 0 fully saturated rings. The van der Waals surface area contributed by atoms with Crippen molar-refractivity contribution in [3.63, 3.8) is 0 Å². The maximum absolute atomic E-state index is 3.97. The summed E-state index contributed by atoms with van der Waals surface area (Å²) in [5.74, 6) is 0. The fourth-order valence-electron chi connectivity index (χ4n) is 0.960. The summed E-state index contributed by atoms with van der Waals surface area (Å²) in [6.07, 6.45) is 7.79. The lowest BCUT2D eigenvalue weighted by molar-refractivity contribution is 1.58. The van der Waals surface area contributed by atoms with Gasteiger partial charge in [0.25, 0.3) is 0 Å². The third kappa shape index (κ3) is 3.23. The van der Waals surface area contributed by atoms with Crippen molar-refractivity contribution in [2.24, 2.45) is 0 Å². The summed E-state index contributed by atoms with van der Waals surface area (Å²) in [4.78, 5) is 0. The minimum Gasteiger partial charge on any atom is -0.670 e. The van der Waals surface area contributed by atoms with E-state index in [-0.39, 0.29) is 0 Å². The van der Waals surface area contributed by atoms with Gasteiger partial charge < -0.3 is 5.32 Å². The summed E-state index contributed by atoms with van der Waals surface area (Å²) >= 11 is 0. The van der Waals surface area contributed by atoms with Gasteiger partial charge in [-0.25, -0.2) is 0 Å². The highest BCUT2D eigenvalue weighted by Crippen LogP contribution is 2.13. The molecule has 0 aromatic heterocycles. The molecule has 2 heteroatoms. The van der Waals surface area contributed by atoms with E-state index in [4.69, 9.17) is 0 Å². The molecular formula is C9H14NSi-. The van der Waals surface area contributed by atoms with Crippen LogP contribution in [0.5, 0.6) is 0 Å². The van der Waals surface area contributed by atoms with E-state index in [1.165, 1.54) is 5.57 Å². The first-order valence-corrected chi connectivity index (χ1v) is 7.42. The lowest BCUT2D eigenvalue weighted by Crippen LogP contribution is -2.16. The lowest BCUT2D eigenvalue weighted by Gasteiger charge is -2.16. The molecule has 1 aliphatic rings. The third-order valence-corrected chi connectivity index (χ3v) is 2.51. The Morgan fingerprint density at radius 1 is 1.18 bits per heavy atom. The van der Waals surface area contributed by atoms with Crippen molar-refractivity contribution >= 4 is 8.07 Å². The van der Waals surface area contributed by atoms with Crippen molar-refractivity contribution in [1.29, 1.82) is 0 Å². The predicted molar refractivity (Wildman–Crippen MR) is 53.1 cm³/mol. The largest absolute Gasteiger partial charge is 0.670 e. The third-order valence-electron chi connectivity index (χ3n) is 1.31. The van der Waals surface area contributed by atoms with Gasteiger partial charge in [0.05, 0.1) is 8.07 Å². The molecule has 11 heavy (non-hydrogen) atoms. The molecule has 1 nitrogen and oxygen atoms in total. The number of allylic oxidation sites excluding steroid dienone is 3. The van der Waals surface area contributed by atoms with Crippen molar-refractivity contribution in [2.45, 2.75) is 19.6 Å². The molecule has 0 amide bonds. The van der Waals surface area contributed by atoms with Crippen LogP contribution in [0.3, 0.4) is 0 Å². The van der Waals surface area contributed by atoms with E-state index < -0.39 is 8.07 Å². The molecule has 1 heterocycles. The van der Waals surface area contributed by atoms with Crippen LogP contribution in [-0.4, -0.2) is 8.07 Å². The van der Waals surface area contributed by atoms with Gasteiger partial charge in [0.2, 0.25) is 0 Å². The van der Waals surface area contributed by atoms with Crippen LogP contribution in [0.25, 0.3) is 5.32 Å². The van der Waals surface area contributed by atoms with Gasteiger partial charge >= 0.3 is 0 Å². The number of rotatable bonds is 1. The molecule has 0 saturated heterocycles. The van der Waals surface area contributed by atoms with Crippen molar-refractivity contribution < 1.29 is 0 Å². The van der Waals surface area contributed by atoms with Gasteiger partial charge in [-0.1, -0.05) is 37.5 Å². The van der Waals surface area contributed by atoms with Crippen molar-refractivity contribution in [2.75, 3.05) is 0 Å². The van der Waals surface area contributed by atoms with E-state index in [1.807, 2.05) is 12.4 Å². The summed E-state index contributed by atoms with van der Waals surface area (Å²) in [7, 11) is -1.05. The zero-order chi connectivity index (χ0) is 8.32. The molecule has 0 N–H and O–H groups in total. The second kappa shape index (κ2) is 3.09. The van der Waals surface area contributed by atoms with Gasteiger partial charge in [0.15, 0.2) is 0 Å². The predicted octanol–water partition coefficient (Wildman–Crippen LogP) is 3.20. The maximum Gasteiger partial charge on any atom is 0.0694 e. The molecule has 0 unspecified atom stereocenters. The number of hydrogen-bond acceptors (Lipinski definition) is 0. The minimum atomic E-state index is -1.05. The van der Waals surface area contributed by atoms with Crippen LogP contribution in [0.1, 0.15) is 0 Å². The van der Waals surface area contributed by atoms with E-state index in [0.717, 1.165) is 0 Å². The highest BCUT2D eigenvalue weighted by atomic mass is 28.3. The van der Waals surface area contributed by atoms with Crippen LogP contribution in [0.2, 0.25) is 19.6 Å². The molecular weight excluding hydrogens is 150 g/mol. The normalized spacial score (nSPS) is 16.5. The highest BCUT2D eigenvalue weighted by molar-refractivity contribution is 6.81. The van der Waals surface area contributed by atoms with Crippen LogP contribution in [-0.2, 0) is 0 Å². The van der Waals surface area contributed by atoms with Gasteiger partial charge in [-0.05, 0) is 5.57 Å². The topological polar surface area (TPSA) is 14.1 Å². The fourth-order valence-corrected chi connectivity index (χ4v) is 2.15. The zero-order valence-electron chi connectivity index (χ0n) is 7.33. The van der Waals surface area contributed by atoms with E-state index in [0.29, 0.717) is 0 Å². The number of nitrogens with zero attached hydrogens (tertiary/aromatic N) is 1. The summed E-state index contributed by atoms with van der Waals surface area (Å²) in [5.41, 5.74) is 3.67. The first kappa shape index (κ1) is 8.33. The quantitative estimate of drug-likeness (QED) is 0.528. The molecule has 1 aliphatic heterocycles. The Kier molecular flexibility index (Phi) is 2.34. The van der Waals surface area contributed by atoms with Crippen LogP contribution < -0.4 is 0 Å². The highest BCUT2D eigenvalue weighted by Gasteiger charge is 2.08. The SMILES string of the molecule is C[Si](C)(C)C=C1C=C[N-]C=C1. The van der Waals surface area contributed by atoms with Gasteiger partial charge in [0.1, 0.15) is 0 Å². The minimum absolute atomic E-state index is 1.05. The first-order valence-electron chi connectivity index (χ1n) is 3.84. The molecule has 0 aliphatic carbocycles. The van der Waals surface area contributed by atoms with Gasteiger partial charge in [-0.3, -0.25) is 0 Å². The monoisotopic (exact) mass is 164 g/mol. The summed E-state index contributed by atoms with van der Waals surface area (Å²) < 4.78 is 0. The molecule has 0 radical (unpaired) electrons. The molecule has 60 valence electrons. The first-order chi connectivity index (χ1) is 5.08. The summed E-state index contributed by atoms with van der Waals surface area (Å²) in [6, 6.07) is 0. The van der Waals surface area contributed by atoms with Crippen molar-refractivity contribution in [1.82, 2.24) is 0 Å². The van der Waals surface area contributed by atoms with Crippen LogP contribution in [0, 0.1) is 0 Å². The standard InChI is InChI=1S/C9H14NSi/c1-11(2,3)8-9-4-6-10-7-5-9/h4-8H,1-3H3/q-1. The molecule has 0 bridgehead atoms. The molecule has 0 aromatic rings.